The monoisotopic (exact) mass is 363 g/mol. The summed E-state index contributed by atoms with van der Waals surface area (Å²) in [6, 6.07) is 7.53. The number of benzene rings is 1. The van der Waals surface area contributed by atoms with Crippen LogP contribution in [-0.4, -0.2) is 25.3 Å². The number of carbonyl (C=O) groups excluding carboxylic acids is 1. The van der Waals surface area contributed by atoms with E-state index in [1.165, 1.54) is 12.1 Å². The Hall–Kier alpha value is -3.35. The molecule has 0 saturated heterocycles. The maximum Gasteiger partial charge on any atom is 0.252 e. The van der Waals surface area contributed by atoms with Gasteiger partial charge < -0.3 is 5.32 Å². The van der Waals surface area contributed by atoms with Crippen molar-refractivity contribution in [3.05, 3.63) is 71.7 Å². The van der Waals surface area contributed by atoms with Gasteiger partial charge in [-0.25, -0.2) is 14.4 Å². The number of amides is 1. The molecule has 1 amide bonds. The van der Waals surface area contributed by atoms with Gasteiger partial charge in [-0.15, -0.1) is 0 Å². The van der Waals surface area contributed by atoms with Gasteiger partial charge in [0.2, 0.25) is 5.78 Å². The zero-order valence-corrected chi connectivity index (χ0v) is 15.0. The molecule has 4 rings (SSSR count). The number of nitrogens with zero attached hydrogens (tertiary/aromatic N) is 4. The number of imidazole rings is 1. The number of fused-ring (bicyclic) bond motifs is 2. The van der Waals surface area contributed by atoms with Crippen molar-refractivity contribution in [2.75, 3.05) is 0 Å². The van der Waals surface area contributed by atoms with Gasteiger partial charge in [0.1, 0.15) is 5.82 Å². The molecule has 0 aliphatic heterocycles. The lowest BCUT2D eigenvalue weighted by molar-refractivity contribution is 0.0936. The first kappa shape index (κ1) is 17.1. The first-order valence-corrected chi connectivity index (χ1v) is 8.72. The van der Waals surface area contributed by atoms with Crippen LogP contribution in [0.3, 0.4) is 0 Å². The lowest BCUT2D eigenvalue weighted by Gasteiger charge is -2.16. The number of hydrogen-bond donors (Lipinski definition) is 1. The normalized spacial score (nSPS) is 12.4. The summed E-state index contributed by atoms with van der Waals surface area (Å²) in [6.45, 7) is 3.76. The average molecular weight is 363 g/mol. The predicted molar refractivity (Wildman–Crippen MR) is 99.9 cm³/mol. The minimum absolute atomic E-state index is 0.242. The van der Waals surface area contributed by atoms with Crippen LogP contribution in [0.4, 0.5) is 4.39 Å². The van der Waals surface area contributed by atoms with Crippen LogP contribution in [0, 0.1) is 12.7 Å². The van der Waals surface area contributed by atoms with Crippen molar-refractivity contribution in [1.29, 1.82) is 0 Å². The highest BCUT2D eigenvalue weighted by atomic mass is 19.1. The Labute approximate surface area is 155 Å². The first-order valence-electron chi connectivity index (χ1n) is 8.72. The number of nitrogens with one attached hydrogen (secondary N) is 1. The maximum absolute atomic E-state index is 13.5. The van der Waals surface area contributed by atoms with E-state index in [1.54, 1.807) is 25.3 Å². The summed E-state index contributed by atoms with van der Waals surface area (Å²) >= 11 is 0. The molecule has 27 heavy (non-hydrogen) atoms. The van der Waals surface area contributed by atoms with Gasteiger partial charge in [0.15, 0.2) is 0 Å². The van der Waals surface area contributed by atoms with E-state index in [2.05, 4.69) is 20.3 Å². The summed E-state index contributed by atoms with van der Waals surface area (Å²) in [5.74, 6) is -0.0366. The van der Waals surface area contributed by atoms with Crippen molar-refractivity contribution in [3.8, 4) is 0 Å². The van der Waals surface area contributed by atoms with Crippen LogP contribution in [0.1, 0.15) is 41.1 Å². The number of aryl methyl sites for hydroxylation is 1. The second-order valence-corrected chi connectivity index (χ2v) is 6.40. The van der Waals surface area contributed by atoms with Crippen LogP contribution in [-0.2, 0) is 0 Å². The summed E-state index contributed by atoms with van der Waals surface area (Å²) < 4.78 is 15.3. The van der Waals surface area contributed by atoms with Crippen LogP contribution >= 0.6 is 0 Å². The molecule has 0 bridgehead atoms. The van der Waals surface area contributed by atoms with Crippen molar-refractivity contribution in [2.24, 2.45) is 0 Å². The molecule has 136 valence electrons. The van der Waals surface area contributed by atoms with Crippen LogP contribution in [0.15, 0.2) is 48.9 Å². The van der Waals surface area contributed by atoms with E-state index in [0.717, 1.165) is 5.69 Å². The van der Waals surface area contributed by atoms with Gasteiger partial charge in [-0.1, -0.05) is 6.92 Å². The molecule has 1 aromatic carbocycles. The number of hydrogen-bond acceptors (Lipinski definition) is 4. The number of halogens is 1. The van der Waals surface area contributed by atoms with E-state index in [0.29, 0.717) is 34.4 Å². The minimum Gasteiger partial charge on any atom is -0.344 e. The standard InChI is InChI=1S/C20H18FN5O/c1-3-16(18-11-26-8-4-7-22-20(26)25-18)24-19(27)15-9-12(2)23-17-10-13(21)5-6-14(15)17/h4-11,16H,3H2,1-2H3,(H,24,27)/t16-/m0/s1. The van der Waals surface area contributed by atoms with Crippen LogP contribution in [0.2, 0.25) is 0 Å². The van der Waals surface area contributed by atoms with E-state index < -0.39 is 0 Å². The molecule has 4 aromatic rings. The van der Waals surface area contributed by atoms with Gasteiger partial charge in [-0.2, -0.15) is 0 Å². The van der Waals surface area contributed by atoms with Gasteiger partial charge >= 0.3 is 0 Å². The van der Waals surface area contributed by atoms with E-state index in [9.17, 15) is 9.18 Å². The highest BCUT2D eigenvalue weighted by Crippen LogP contribution is 2.22. The fourth-order valence-corrected chi connectivity index (χ4v) is 3.16. The molecule has 0 saturated carbocycles. The van der Waals surface area contributed by atoms with E-state index in [-0.39, 0.29) is 17.8 Å². The lowest BCUT2D eigenvalue weighted by Crippen LogP contribution is -2.28. The van der Waals surface area contributed by atoms with E-state index in [4.69, 9.17) is 0 Å². The molecular formula is C20H18FN5O. The highest BCUT2D eigenvalue weighted by molar-refractivity contribution is 6.06. The van der Waals surface area contributed by atoms with Crippen molar-refractivity contribution in [2.45, 2.75) is 26.3 Å². The average Bonchev–Trinajstić information content (AvgIpc) is 3.08. The molecule has 0 fully saturated rings. The van der Waals surface area contributed by atoms with Gasteiger partial charge in [0.05, 0.1) is 22.8 Å². The molecule has 7 heteroatoms. The number of rotatable bonds is 4. The highest BCUT2D eigenvalue weighted by Gasteiger charge is 2.19. The maximum atomic E-state index is 13.5. The third-order valence-corrected chi connectivity index (χ3v) is 4.47. The molecule has 6 nitrogen and oxygen atoms in total. The smallest absolute Gasteiger partial charge is 0.252 e. The van der Waals surface area contributed by atoms with Crippen LogP contribution < -0.4 is 5.32 Å². The third kappa shape index (κ3) is 3.23. The van der Waals surface area contributed by atoms with Crippen molar-refractivity contribution in [1.82, 2.24) is 24.7 Å². The molecule has 1 N–H and O–H groups in total. The Morgan fingerprint density at radius 2 is 2.15 bits per heavy atom. The number of pyridine rings is 1. The molecule has 0 spiro atoms. The zero-order valence-electron chi connectivity index (χ0n) is 15.0. The minimum atomic E-state index is -0.379. The predicted octanol–water partition coefficient (Wildman–Crippen LogP) is 3.61. The van der Waals surface area contributed by atoms with Crippen molar-refractivity contribution >= 4 is 22.6 Å². The van der Waals surface area contributed by atoms with E-state index in [1.807, 2.05) is 29.8 Å². The summed E-state index contributed by atoms with van der Waals surface area (Å²) in [5, 5.41) is 3.65. The third-order valence-electron chi connectivity index (χ3n) is 4.47. The Morgan fingerprint density at radius 1 is 1.30 bits per heavy atom. The Bertz CT molecular complexity index is 1120. The summed E-state index contributed by atoms with van der Waals surface area (Å²) in [5.41, 5.74) is 2.33. The topological polar surface area (TPSA) is 72.2 Å². The Balaban J connectivity index is 1.69. The zero-order chi connectivity index (χ0) is 19.0. The fraction of sp³-hybridized carbons (Fsp3) is 0.200. The largest absolute Gasteiger partial charge is 0.344 e. The molecule has 0 unspecified atom stereocenters. The first-order chi connectivity index (χ1) is 13.0. The molecule has 0 aliphatic rings. The fourth-order valence-electron chi connectivity index (χ4n) is 3.16. The SMILES string of the molecule is CC[C@H](NC(=O)c1cc(C)nc2cc(F)ccc12)c1cn2cccnc2n1. The van der Waals surface area contributed by atoms with Gasteiger partial charge in [-0.05, 0) is 37.6 Å². The molecule has 0 aliphatic carbocycles. The molecular weight excluding hydrogens is 345 g/mol. The second kappa shape index (κ2) is 6.75. The summed E-state index contributed by atoms with van der Waals surface area (Å²) in [4.78, 5) is 26.0. The van der Waals surface area contributed by atoms with Gasteiger partial charge in [0.25, 0.3) is 5.91 Å². The van der Waals surface area contributed by atoms with Crippen molar-refractivity contribution in [3.63, 3.8) is 0 Å². The quantitative estimate of drug-likeness (QED) is 0.601. The van der Waals surface area contributed by atoms with Gasteiger partial charge in [-0.3, -0.25) is 14.2 Å². The summed E-state index contributed by atoms with van der Waals surface area (Å²) in [7, 11) is 0. The van der Waals surface area contributed by atoms with Crippen molar-refractivity contribution < 1.29 is 9.18 Å². The van der Waals surface area contributed by atoms with Crippen LogP contribution in [0.5, 0.6) is 0 Å². The molecule has 3 heterocycles. The number of aromatic nitrogens is 4. The number of carbonyl (C=O) groups is 1. The molecule has 1 atom stereocenters. The molecule has 0 radical (unpaired) electrons. The van der Waals surface area contributed by atoms with Gasteiger partial charge in [0, 0.05) is 35.7 Å². The second-order valence-electron chi connectivity index (χ2n) is 6.40. The molecule has 3 aromatic heterocycles. The van der Waals surface area contributed by atoms with Crippen LogP contribution in [0.25, 0.3) is 16.7 Å². The van der Waals surface area contributed by atoms with E-state index >= 15 is 0 Å². The summed E-state index contributed by atoms with van der Waals surface area (Å²) in [6.07, 6.45) is 6.08. The Kier molecular flexibility index (Phi) is 4.27. The Morgan fingerprint density at radius 3 is 2.93 bits per heavy atom. The lowest BCUT2D eigenvalue weighted by atomic mass is 10.1.